The van der Waals surface area contributed by atoms with Crippen molar-refractivity contribution in [2.24, 2.45) is 7.05 Å². The second-order valence-corrected chi connectivity index (χ2v) is 5.59. The topological polar surface area (TPSA) is 55.6 Å². The maximum Gasteiger partial charge on any atom is 0.172 e. The summed E-state index contributed by atoms with van der Waals surface area (Å²) >= 11 is 7.50. The molecule has 0 spiro atoms. The van der Waals surface area contributed by atoms with Crippen LogP contribution in [0.5, 0.6) is 0 Å². The molecular weight excluding hydrogens is 294 g/mol. The van der Waals surface area contributed by atoms with E-state index in [0.29, 0.717) is 10.8 Å². The zero-order chi connectivity index (χ0) is 14.1. The zero-order valence-corrected chi connectivity index (χ0v) is 12.5. The maximum absolute atomic E-state index is 5.97. The first-order valence-electron chi connectivity index (χ1n) is 5.96. The average Bonchev–Trinajstić information content (AvgIpc) is 3.07. The van der Waals surface area contributed by atoms with Crippen LogP contribution in [-0.4, -0.2) is 26.8 Å². The summed E-state index contributed by atoms with van der Waals surface area (Å²) in [5, 5.41) is 9.80. The average molecular weight is 306 g/mol. The maximum atomic E-state index is 5.97. The zero-order valence-electron chi connectivity index (χ0n) is 11.0. The molecule has 7 heteroatoms. The second kappa shape index (κ2) is 5.22. The van der Waals surface area contributed by atoms with E-state index in [9.17, 15) is 0 Å². The second-order valence-electron chi connectivity index (χ2n) is 4.24. The molecule has 102 valence electrons. The monoisotopic (exact) mass is 305 g/mol. The highest BCUT2D eigenvalue weighted by molar-refractivity contribution is 7.14. The Bertz CT molecular complexity index is 690. The van der Waals surface area contributed by atoms with Gasteiger partial charge in [0.2, 0.25) is 0 Å². The van der Waals surface area contributed by atoms with Crippen LogP contribution in [0.2, 0.25) is 5.02 Å². The van der Waals surface area contributed by atoms with Crippen LogP contribution in [0.1, 0.15) is 0 Å². The van der Waals surface area contributed by atoms with Crippen molar-refractivity contribution < 1.29 is 0 Å². The molecule has 0 aliphatic carbocycles. The number of halogens is 1. The van der Waals surface area contributed by atoms with E-state index in [-0.39, 0.29) is 0 Å². The largest absolute Gasteiger partial charge is 0.373 e. The van der Waals surface area contributed by atoms with Gasteiger partial charge in [-0.15, -0.1) is 11.3 Å². The summed E-state index contributed by atoms with van der Waals surface area (Å²) in [6, 6.07) is 3.77. The van der Waals surface area contributed by atoms with Crippen LogP contribution in [0.25, 0.3) is 22.0 Å². The van der Waals surface area contributed by atoms with Gasteiger partial charge in [0.25, 0.3) is 0 Å². The molecule has 20 heavy (non-hydrogen) atoms. The molecule has 3 rings (SSSR count). The van der Waals surface area contributed by atoms with Gasteiger partial charge in [-0.05, 0) is 6.07 Å². The van der Waals surface area contributed by atoms with E-state index >= 15 is 0 Å². The Morgan fingerprint density at radius 2 is 2.15 bits per heavy atom. The fourth-order valence-electron chi connectivity index (χ4n) is 1.82. The third kappa shape index (κ3) is 2.52. The number of hydrogen-bond donors (Lipinski definition) is 1. The van der Waals surface area contributed by atoms with Crippen molar-refractivity contribution in [3.8, 4) is 22.0 Å². The van der Waals surface area contributed by atoms with Gasteiger partial charge in [-0.3, -0.25) is 4.68 Å². The fraction of sp³-hybridized carbons (Fsp3) is 0.154. The van der Waals surface area contributed by atoms with Gasteiger partial charge in [0, 0.05) is 37.3 Å². The smallest absolute Gasteiger partial charge is 0.172 e. The first kappa shape index (κ1) is 13.1. The molecule has 1 N–H and O–H groups in total. The van der Waals surface area contributed by atoms with Crippen LogP contribution in [-0.2, 0) is 7.05 Å². The quantitative estimate of drug-likeness (QED) is 0.806. The standard InChI is InChI=1S/C13H12ClN5S/c1-15-12-4-10(8-5-16-19(2)6-8)17-13(18-12)11-3-9(14)7-20-11/h3-7H,1-2H3,(H,15,17,18). The van der Waals surface area contributed by atoms with Crippen LogP contribution >= 0.6 is 22.9 Å². The van der Waals surface area contributed by atoms with E-state index in [2.05, 4.69) is 20.4 Å². The van der Waals surface area contributed by atoms with Gasteiger partial charge < -0.3 is 5.32 Å². The lowest BCUT2D eigenvalue weighted by molar-refractivity contribution is 0.768. The van der Waals surface area contributed by atoms with E-state index in [4.69, 9.17) is 11.6 Å². The van der Waals surface area contributed by atoms with Crippen molar-refractivity contribution in [1.82, 2.24) is 19.7 Å². The highest BCUT2D eigenvalue weighted by Crippen LogP contribution is 2.30. The van der Waals surface area contributed by atoms with Crippen molar-refractivity contribution in [3.05, 3.63) is 34.9 Å². The Morgan fingerprint density at radius 1 is 1.30 bits per heavy atom. The van der Waals surface area contributed by atoms with Gasteiger partial charge in [-0.2, -0.15) is 5.10 Å². The fourth-order valence-corrected chi connectivity index (χ4v) is 2.82. The molecule has 0 aliphatic heterocycles. The Labute approximate surface area is 125 Å². The molecule has 0 unspecified atom stereocenters. The van der Waals surface area contributed by atoms with Crippen LogP contribution < -0.4 is 5.32 Å². The Morgan fingerprint density at radius 3 is 2.75 bits per heavy atom. The van der Waals surface area contributed by atoms with Gasteiger partial charge in [-0.25, -0.2) is 9.97 Å². The predicted octanol–water partition coefficient (Wildman–Crippen LogP) is 3.30. The predicted molar refractivity (Wildman–Crippen MR) is 82.1 cm³/mol. The summed E-state index contributed by atoms with van der Waals surface area (Å²) in [5.74, 6) is 1.42. The van der Waals surface area contributed by atoms with Gasteiger partial charge in [0.15, 0.2) is 5.82 Å². The Hall–Kier alpha value is -1.92. The van der Waals surface area contributed by atoms with Crippen LogP contribution in [0.4, 0.5) is 5.82 Å². The first-order chi connectivity index (χ1) is 9.65. The lowest BCUT2D eigenvalue weighted by Gasteiger charge is -2.05. The molecular formula is C13H12ClN5S. The number of aryl methyl sites for hydroxylation is 1. The Balaban J connectivity index is 2.12. The molecule has 5 nitrogen and oxygen atoms in total. The normalized spacial score (nSPS) is 10.8. The third-order valence-electron chi connectivity index (χ3n) is 2.77. The number of aromatic nitrogens is 4. The highest BCUT2D eigenvalue weighted by atomic mass is 35.5. The van der Waals surface area contributed by atoms with Crippen molar-refractivity contribution >= 4 is 28.8 Å². The summed E-state index contributed by atoms with van der Waals surface area (Å²) in [5.41, 5.74) is 1.78. The van der Waals surface area contributed by atoms with Gasteiger partial charge >= 0.3 is 0 Å². The molecule has 0 atom stereocenters. The van der Waals surface area contributed by atoms with Gasteiger partial charge in [0.1, 0.15) is 5.82 Å². The summed E-state index contributed by atoms with van der Waals surface area (Å²) in [7, 11) is 3.71. The Kier molecular flexibility index (Phi) is 3.42. The molecule has 0 saturated carbocycles. The molecule has 3 aromatic rings. The van der Waals surface area contributed by atoms with E-state index in [1.54, 1.807) is 10.9 Å². The van der Waals surface area contributed by atoms with Crippen molar-refractivity contribution in [2.45, 2.75) is 0 Å². The number of nitrogens with zero attached hydrogens (tertiary/aromatic N) is 4. The SMILES string of the molecule is CNc1cc(-c2cnn(C)c2)nc(-c2cc(Cl)cs2)n1. The molecule has 3 heterocycles. The van der Waals surface area contributed by atoms with Crippen molar-refractivity contribution in [2.75, 3.05) is 12.4 Å². The molecule has 3 aromatic heterocycles. The van der Waals surface area contributed by atoms with E-state index < -0.39 is 0 Å². The van der Waals surface area contributed by atoms with Crippen molar-refractivity contribution in [3.63, 3.8) is 0 Å². The summed E-state index contributed by atoms with van der Waals surface area (Å²) in [6.45, 7) is 0. The number of rotatable bonds is 3. The van der Waals surface area contributed by atoms with Crippen LogP contribution in [0.15, 0.2) is 29.9 Å². The molecule has 0 fully saturated rings. The summed E-state index contributed by atoms with van der Waals surface area (Å²) < 4.78 is 1.75. The summed E-state index contributed by atoms with van der Waals surface area (Å²) in [4.78, 5) is 10.0. The number of hydrogen-bond acceptors (Lipinski definition) is 5. The minimum Gasteiger partial charge on any atom is -0.373 e. The summed E-state index contributed by atoms with van der Waals surface area (Å²) in [6.07, 6.45) is 3.71. The molecule has 0 aromatic carbocycles. The molecule has 0 radical (unpaired) electrons. The number of anilines is 1. The minimum absolute atomic E-state index is 0.660. The molecule has 0 saturated heterocycles. The minimum atomic E-state index is 0.660. The van der Waals surface area contributed by atoms with E-state index in [0.717, 1.165) is 22.0 Å². The van der Waals surface area contributed by atoms with Crippen LogP contribution in [0.3, 0.4) is 0 Å². The molecule has 0 bridgehead atoms. The number of nitrogens with one attached hydrogen (secondary N) is 1. The van der Waals surface area contributed by atoms with Crippen molar-refractivity contribution in [1.29, 1.82) is 0 Å². The lowest BCUT2D eigenvalue weighted by atomic mass is 10.2. The third-order valence-corrected chi connectivity index (χ3v) is 4.04. The highest BCUT2D eigenvalue weighted by Gasteiger charge is 2.11. The van der Waals surface area contributed by atoms with Gasteiger partial charge in [-0.1, -0.05) is 11.6 Å². The van der Waals surface area contributed by atoms with Crippen LogP contribution in [0, 0.1) is 0 Å². The number of thiophene rings is 1. The van der Waals surface area contributed by atoms with E-state index in [1.807, 2.05) is 37.8 Å². The molecule has 0 amide bonds. The first-order valence-corrected chi connectivity index (χ1v) is 7.22. The van der Waals surface area contributed by atoms with Gasteiger partial charge in [0.05, 0.1) is 21.8 Å². The lowest BCUT2D eigenvalue weighted by Crippen LogP contribution is -1.97. The van der Waals surface area contributed by atoms with E-state index in [1.165, 1.54) is 11.3 Å². The molecule has 0 aliphatic rings.